The van der Waals surface area contributed by atoms with Crippen LogP contribution in [0.3, 0.4) is 0 Å². The zero-order valence-corrected chi connectivity index (χ0v) is 13.1. The van der Waals surface area contributed by atoms with Gasteiger partial charge in [0, 0.05) is 12.6 Å². The highest BCUT2D eigenvalue weighted by atomic mass is 19.1. The van der Waals surface area contributed by atoms with Crippen LogP contribution in [-0.2, 0) is 14.3 Å². The Morgan fingerprint density at radius 3 is 2.57 bits per heavy atom. The molecular weight excluding hydrogens is 307 g/mol. The van der Waals surface area contributed by atoms with E-state index in [0.29, 0.717) is 6.54 Å². The van der Waals surface area contributed by atoms with E-state index in [-0.39, 0.29) is 17.2 Å². The minimum absolute atomic E-state index is 0.257. The van der Waals surface area contributed by atoms with E-state index in [4.69, 9.17) is 9.47 Å². The van der Waals surface area contributed by atoms with Crippen molar-refractivity contribution >= 4 is 17.8 Å². The number of methoxy groups -OCH3 is 1. The van der Waals surface area contributed by atoms with Crippen molar-refractivity contribution in [2.45, 2.75) is 19.9 Å². The molecule has 1 aromatic rings. The van der Waals surface area contributed by atoms with Crippen molar-refractivity contribution in [3.63, 3.8) is 0 Å². The molecule has 23 heavy (non-hydrogen) atoms. The summed E-state index contributed by atoms with van der Waals surface area (Å²) in [5, 5.41) is 4.90. The Hall–Kier alpha value is -2.64. The summed E-state index contributed by atoms with van der Waals surface area (Å²) in [6.07, 6.45) is 0. The van der Waals surface area contributed by atoms with Gasteiger partial charge in [0.2, 0.25) is 5.91 Å². The van der Waals surface area contributed by atoms with E-state index in [1.165, 1.54) is 26.2 Å². The van der Waals surface area contributed by atoms with Crippen LogP contribution in [0.2, 0.25) is 0 Å². The van der Waals surface area contributed by atoms with Gasteiger partial charge < -0.3 is 20.1 Å². The minimum Gasteiger partial charge on any atom is -0.497 e. The van der Waals surface area contributed by atoms with Crippen LogP contribution in [0.15, 0.2) is 18.2 Å². The number of hydrogen-bond acceptors (Lipinski definition) is 5. The quantitative estimate of drug-likeness (QED) is 0.717. The first-order valence-corrected chi connectivity index (χ1v) is 6.96. The Kier molecular flexibility index (Phi) is 6.98. The third-order valence-corrected chi connectivity index (χ3v) is 2.85. The first-order chi connectivity index (χ1) is 10.9. The molecule has 2 N–H and O–H groups in total. The number of rotatable bonds is 7. The van der Waals surface area contributed by atoms with E-state index in [9.17, 15) is 18.8 Å². The van der Waals surface area contributed by atoms with Gasteiger partial charge in [0.15, 0.2) is 6.61 Å². The number of ether oxygens (including phenoxy) is 2. The second-order valence-electron chi connectivity index (χ2n) is 4.61. The van der Waals surface area contributed by atoms with Gasteiger partial charge in [0.1, 0.15) is 17.6 Å². The topological polar surface area (TPSA) is 93.7 Å². The molecular formula is C15H19FN2O5. The van der Waals surface area contributed by atoms with Crippen molar-refractivity contribution in [1.82, 2.24) is 10.6 Å². The van der Waals surface area contributed by atoms with Crippen LogP contribution in [0.25, 0.3) is 0 Å². The molecule has 0 spiro atoms. The number of carbonyl (C=O) groups excluding carboxylic acids is 3. The summed E-state index contributed by atoms with van der Waals surface area (Å²) in [6.45, 7) is 3.06. The maximum Gasteiger partial charge on any atom is 0.341 e. The maximum absolute atomic E-state index is 13.7. The fraction of sp³-hybridized carbons (Fsp3) is 0.400. The van der Waals surface area contributed by atoms with Gasteiger partial charge in [-0.25, -0.2) is 9.18 Å². The lowest BCUT2D eigenvalue weighted by Crippen LogP contribution is -2.46. The number of hydrogen-bond donors (Lipinski definition) is 2. The number of esters is 1. The summed E-state index contributed by atoms with van der Waals surface area (Å²) in [5.74, 6) is -2.55. The van der Waals surface area contributed by atoms with Gasteiger partial charge >= 0.3 is 5.97 Å². The predicted molar refractivity (Wildman–Crippen MR) is 79.5 cm³/mol. The molecule has 1 rings (SSSR count). The summed E-state index contributed by atoms with van der Waals surface area (Å²) in [5.41, 5.74) is -0.310. The van der Waals surface area contributed by atoms with Crippen molar-refractivity contribution in [2.24, 2.45) is 0 Å². The molecule has 0 unspecified atom stereocenters. The Morgan fingerprint density at radius 1 is 1.30 bits per heavy atom. The van der Waals surface area contributed by atoms with Crippen molar-refractivity contribution in [3.8, 4) is 5.75 Å². The second-order valence-corrected chi connectivity index (χ2v) is 4.61. The highest BCUT2D eigenvalue weighted by molar-refractivity contribution is 5.92. The van der Waals surface area contributed by atoms with Crippen molar-refractivity contribution in [1.29, 1.82) is 0 Å². The van der Waals surface area contributed by atoms with Gasteiger partial charge in [-0.05, 0) is 26.0 Å². The molecule has 0 aliphatic rings. The Morgan fingerprint density at radius 2 is 2.00 bits per heavy atom. The summed E-state index contributed by atoms with van der Waals surface area (Å²) in [6, 6.07) is 2.87. The molecule has 0 aromatic heterocycles. The Labute approximate surface area is 133 Å². The summed E-state index contributed by atoms with van der Waals surface area (Å²) >= 11 is 0. The van der Waals surface area contributed by atoms with E-state index in [0.717, 1.165) is 6.07 Å². The van der Waals surface area contributed by atoms with E-state index in [2.05, 4.69) is 10.6 Å². The van der Waals surface area contributed by atoms with Gasteiger partial charge in [0.25, 0.3) is 5.91 Å². The number of halogens is 1. The largest absolute Gasteiger partial charge is 0.497 e. The van der Waals surface area contributed by atoms with Gasteiger partial charge in [-0.15, -0.1) is 0 Å². The highest BCUT2D eigenvalue weighted by Gasteiger charge is 2.18. The van der Waals surface area contributed by atoms with Gasteiger partial charge in [0.05, 0.1) is 12.7 Å². The van der Waals surface area contributed by atoms with Crippen LogP contribution in [0.5, 0.6) is 5.75 Å². The fourth-order valence-electron chi connectivity index (χ4n) is 1.67. The molecule has 126 valence electrons. The first-order valence-electron chi connectivity index (χ1n) is 6.96. The molecule has 2 amide bonds. The molecule has 0 radical (unpaired) electrons. The van der Waals surface area contributed by atoms with Crippen LogP contribution in [0, 0.1) is 5.82 Å². The molecule has 1 atom stereocenters. The van der Waals surface area contributed by atoms with Crippen LogP contribution < -0.4 is 15.4 Å². The Balaban J connectivity index is 2.52. The summed E-state index contributed by atoms with van der Waals surface area (Å²) in [4.78, 5) is 34.8. The monoisotopic (exact) mass is 326 g/mol. The summed E-state index contributed by atoms with van der Waals surface area (Å²) < 4.78 is 23.2. The van der Waals surface area contributed by atoms with E-state index in [1.54, 1.807) is 6.92 Å². The first kappa shape index (κ1) is 18.4. The average Bonchev–Trinajstić information content (AvgIpc) is 2.52. The molecule has 1 aromatic carbocycles. The predicted octanol–water partition coefficient (Wildman–Crippen LogP) is 0.632. The smallest absolute Gasteiger partial charge is 0.341 e. The van der Waals surface area contributed by atoms with Crippen LogP contribution in [0.1, 0.15) is 24.2 Å². The van der Waals surface area contributed by atoms with Crippen LogP contribution >= 0.6 is 0 Å². The van der Waals surface area contributed by atoms with Gasteiger partial charge in [-0.1, -0.05) is 0 Å². The number of nitrogens with one attached hydrogen (secondary N) is 2. The minimum atomic E-state index is -0.981. The molecule has 0 heterocycles. The van der Waals surface area contributed by atoms with Crippen molar-refractivity contribution < 1.29 is 28.2 Å². The van der Waals surface area contributed by atoms with Crippen molar-refractivity contribution in [2.75, 3.05) is 20.3 Å². The zero-order chi connectivity index (χ0) is 17.4. The summed E-state index contributed by atoms with van der Waals surface area (Å²) in [7, 11) is 1.37. The van der Waals surface area contributed by atoms with E-state index >= 15 is 0 Å². The zero-order valence-electron chi connectivity index (χ0n) is 13.1. The lowest BCUT2D eigenvalue weighted by Gasteiger charge is -2.13. The number of benzene rings is 1. The highest BCUT2D eigenvalue weighted by Crippen LogP contribution is 2.16. The molecule has 8 heteroatoms. The Bertz CT molecular complexity index is 591. The second kappa shape index (κ2) is 8.72. The third kappa shape index (κ3) is 5.57. The lowest BCUT2D eigenvalue weighted by molar-refractivity contribution is -0.130. The molecule has 0 aliphatic carbocycles. The number of amides is 2. The molecule has 0 saturated carbocycles. The molecule has 0 aliphatic heterocycles. The molecule has 7 nitrogen and oxygen atoms in total. The lowest BCUT2D eigenvalue weighted by atomic mass is 10.2. The molecule has 0 fully saturated rings. The van der Waals surface area contributed by atoms with Gasteiger partial charge in [-0.3, -0.25) is 9.59 Å². The normalized spacial score (nSPS) is 11.3. The number of carbonyl (C=O) groups is 3. The molecule has 0 bridgehead atoms. The number of likely N-dealkylation sites (N-methyl/N-ethyl adjacent to an activating group) is 1. The average molecular weight is 326 g/mol. The van der Waals surface area contributed by atoms with Crippen LogP contribution in [-0.4, -0.2) is 44.1 Å². The third-order valence-electron chi connectivity index (χ3n) is 2.85. The van der Waals surface area contributed by atoms with E-state index in [1.807, 2.05) is 0 Å². The van der Waals surface area contributed by atoms with Crippen LogP contribution in [0.4, 0.5) is 4.39 Å². The maximum atomic E-state index is 13.7. The molecule has 0 saturated heterocycles. The standard InChI is InChI=1S/C15H19FN2O5/c1-4-17-14(20)9(2)18-13(19)8-23-15(21)11-6-5-10(22-3)7-12(11)16/h5-7,9H,4,8H2,1-3H3,(H,17,20)(H,18,19)/t9-/m0/s1. The SMILES string of the molecule is CCNC(=O)[C@H](C)NC(=O)COC(=O)c1ccc(OC)cc1F. The van der Waals surface area contributed by atoms with Crippen molar-refractivity contribution in [3.05, 3.63) is 29.6 Å². The fourth-order valence-corrected chi connectivity index (χ4v) is 1.67. The van der Waals surface area contributed by atoms with Gasteiger partial charge in [-0.2, -0.15) is 0 Å². The van der Waals surface area contributed by atoms with E-state index < -0.39 is 30.3 Å².